The van der Waals surface area contributed by atoms with Crippen molar-refractivity contribution in [2.75, 3.05) is 6.54 Å². The minimum atomic E-state index is -0.724. The van der Waals surface area contributed by atoms with E-state index in [1.54, 1.807) is 35.5 Å². The van der Waals surface area contributed by atoms with E-state index >= 15 is 0 Å². The van der Waals surface area contributed by atoms with E-state index in [0.717, 1.165) is 39.9 Å². The maximum absolute atomic E-state index is 14.5. The lowest BCUT2D eigenvalue weighted by atomic mass is 9.97. The highest BCUT2D eigenvalue weighted by Gasteiger charge is 2.34. The second-order valence-electron chi connectivity index (χ2n) is 11.0. The molecule has 3 aromatic carbocycles. The smallest absolute Gasteiger partial charge is 0.247 e. The molecule has 0 unspecified atom stereocenters. The van der Waals surface area contributed by atoms with Crippen LogP contribution in [0.2, 0.25) is 5.15 Å². The van der Waals surface area contributed by atoms with Gasteiger partial charge in [-0.05, 0) is 58.5 Å². The van der Waals surface area contributed by atoms with Crippen LogP contribution in [-0.2, 0) is 35.5 Å². The summed E-state index contributed by atoms with van der Waals surface area (Å²) in [6.45, 7) is 1.36. The number of hydrogen-bond donors (Lipinski definition) is 0. The van der Waals surface area contributed by atoms with E-state index in [9.17, 15) is 9.59 Å². The molecule has 0 radical (unpaired) electrons. The maximum atomic E-state index is 14.5. The fraction of sp³-hybridized carbons (Fsp3) is 0.162. The van der Waals surface area contributed by atoms with E-state index < -0.39 is 6.04 Å². The molecule has 0 fully saturated rings. The number of carbonyl (C=O) groups excluding carboxylic acids is 2. The Hall–Kier alpha value is -5.14. The molecule has 224 valence electrons. The Morgan fingerprint density at radius 2 is 1.64 bits per heavy atom. The van der Waals surface area contributed by atoms with Gasteiger partial charge in [0.05, 0.1) is 5.69 Å². The molecule has 2 amide bonds. The van der Waals surface area contributed by atoms with Gasteiger partial charge in [0.15, 0.2) is 0 Å². The lowest BCUT2D eigenvalue weighted by Crippen LogP contribution is -2.52. The molecule has 0 aliphatic carbocycles. The van der Waals surface area contributed by atoms with Crippen molar-refractivity contribution in [2.24, 2.45) is 0 Å². The molecule has 5 aromatic rings. The predicted octanol–water partition coefficient (Wildman–Crippen LogP) is 6.43. The van der Waals surface area contributed by atoms with Gasteiger partial charge in [0.25, 0.3) is 0 Å². The molecule has 45 heavy (non-hydrogen) atoms. The molecule has 8 heteroatoms. The van der Waals surface area contributed by atoms with Crippen LogP contribution in [0.3, 0.4) is 0 Å². The Morgan fingerprint density at radius 1 is 0.867 bits per heavy atom. The van der Waals surface area contributed by atoms with Gasteiger partial charge in [0, 0.05) is 50.1 Å². The number of fused-ring (bicyclic) bond motifs is 1. The fourth-order valence-electron chi connectivity index (χ4n) is 5.59. The van der Waals surface area contributed by atoms with Crippen LogP contribution < -0.4 is 0 Å². The molecule has 0 saturated carbocycles. The average molecular weight is 614 g/mol. The molecule has 0 spiro atoms. The zero-order chi connectivity index (χ0) is 31.0. The van der Waals surface area contributed by atoms with E-state index in [4.69, 9.17) is 11.6 Å². The minimum Gasteiger partial charge on any atom is -0.336 e. The van der Waals surface area contributed by atoms with Crippen molar-refractivity contribution in [3.05, 3.63) is 155 Å². The Bertz CT molecular complexity index is 1780. The van der Waals surface area contributed by atoms with Crippen molar-refractivity contribution in [3.8, 4) is 11.3 Å². The first-order valence-corrected chi connectivity index (χ1v) is 15.3. The molecular weight excluding hydrogens is 582 g/mol. The van der Waals surface area contributed by atoms with Crippen molar-refractivity contribution in [1.82, 2.24) is 25.0 Å². The summed E-state index contributed by atoms with van der Waals surface area (Å²) in [6, 6.07) is 32.5. The number of amides is 2. The Labute approximate surface area is 267 Å². The third-order valence-corrected chi connectivity index (χ3v) is 8.23. The highest BCUT2D eigenvalue weighted by atomic mass is 35.5. The third kappa shape index (κ3) is 7.51. The maximum Gasteiger partial charge on any atom is 0.247 e. The molecule has 0 bridgehead atoms. The fourth-order valence-corrected chi connectivity index (χ4v) is 5.70. The molecule has 0 N–H and O–H groups in total. The number of hydrogen-bond acceptors (Lipinski definition) is 5. The summed E-state index contributed by atoms with van der Waals surface area (Å²) in [7, 11) is 0. The zero-order valence-electron chi connectivity index (χ0n) is 24.7. The number of benzene rings is 3. The van der Waals surface area contributed by atoms with Crippen LogP contribution in [0.1, 0.15) is 27.8 Å². The first-order valence-electron chi connectivity index (χ1n) is 14.9. The van der Waals surface area contributed by atoms with Crippen LogP contribution >= 0.6 is 11.6 Å². The Morgan fingerprint density at radius 3 is 2.38 bits per heavy atom. The summed E-state index contributed by atoms with van der Waals surface area (Å²) in [6.07, 6.45) is 7.63. The van der Waals surface area contributed by atoms with Crippen molar-refractivity contribution in [1.29, 1.82) is 0 Å². The topological polar surface area (TPSA) is 79.3 Å². The molecule has 1 aliphatic rings. The zero-order valence-corrected chi connectivity index (χ0v) is 25.4. The van der Waals surface area contributed by atoms with E-state index in [-0.39, 0.29) is 18.4 Å². The second-order valence-corrected chi connectivity index (χ2v) is 11.4. The van der Waals surface area contributed by atoms with Gasteiger partial charge in [-0.3, -0.25) is 9.59 Å². The molecule has 3 heterocycles. The van der Waals surface area contributed by atoms with Gasteiger partial charge in [0.1, 0.15) is 11.2 Å². The van der Waals surface area contributed by atoms with Gasteiger partial charge < -0.3 is 9.80 Å². The SMILES string of the molecule is O=C([C@H](Cc1ccccc1)N(Cc1ccc(-c2cccnn2)cc1)C(=O)C=Cc1ccc(Cl)nc1)N1CCc2ccccc2C1. The van der Waals surface area contributed by atoms with Crippen LogP contribution in [0.4, 0.5) is 0 Å². The first-order chi connectivity index (χ1) is 22.0. The summed E-state index contributed by atoms with van der Waals surface area (Å²) in [4.78, 5) is 36.3. The summed E-state index contributed by atoms with van der Waals surface area (Å²) in [5, 5.41) is 8.56. The predicted molar refractivity (Wildman–Crippen MR) is 176 cm³/mol. The van der Waals surface area contributed by atoms with Crippen molar-refractivity contribution >= 4 is 29.5 Å². The Balaban J connectivity index is 1.34. The molecule has 0 saturated heterocycles. The van der Waals surface area contributed by atoms with E-state index in [1.165, 1.54) is 11.6 Å². The largest absolute Gasteiger partial charge is 0.336 e. The van der Waals surface area contributed by atoms with E-state index in [0.29, 0.717) is 24.7 Å². The number of rotatable bonds is 9. The second kappa shape index (κ2) is 14.1. The van der Waals surface area contributed by atoms with Crippen molar-refractivity contribution in [2.45, 2.75) is 32.0 Å². The van der Waals surface area contributed by atoms with E-state index in [1.807, 2.05) is 83.8 Å². The van der Waals surface area contributed by atoms with Gasteiger partial charge in [-0.1, -0.05) is 96.5 Å². The molecule has 7 nitrogen and oxygen atoms in total. The molecule has 2 aromatic heterocycles. The van der Waals surface area contributed by atoms with Gasteiger partial charge >= 0.3 is 0 Å². The molecule has 1 aliphatic heterocycles. The average Bonchev–Trinajstić information content (AvgIpc) is 3.10. The van der Waals surface area contributed by atoms with Gasteiger partial charge in [0.2, 0.25) is 11.8 Å². The van der Waals surface area contributed by atoms with E-state index in [2.05, 4.69) is 27.3 Å². The third-order valence-electron chi connectivity index (χ3n) is 8.00. The van der Waals surface area contributed by atoms with Crippen LogP contribution in [0.5, 0.6) is 0 Å². The highest BCUT2D eigenvalue weighted by Crippen LogP contribution is 2.24. The lowest BCUT2D eigenvalue weighted by Gasteiger charge is -2.37. The first kappa shape index (κ1) is 29.9. The summed E-state index contributed by atoms with van der Waals surface area (Å²) in [5.41, 5.74) is 6.70. The summed E-state index contributed by atoms with van der Waals surface area (Å²) >= 11 is 5.96. The normalized spacial score (nSPS) is 13.3. The number of carbonyl (C=O) groups is 2. The van der Waals surface area contributed by atoms with Crippen molar-refractivity contribution in [3.63, 3.8) is 0 Å². The van der Waals surface area contributed by atoms with Crippen LogP contribution in [0.25, 0.3) is 17.3 Å². The standard InChI is InChI=1S/C37H32ClN5O2/c38-35-18-14-28(24-39-35)15-19-36(44)43(25-29-12-16-31(17-13-29)33-11-6-21-40-41-33)34(23-27-7-2-1-3-8-27)37(45)42-22-20-30-9-4-5-10-32(30)26-42/h1-19,21,24,34H,20,22-23,25-26H2/t34-/m0/s1. The number of aromatic nitrogens is 3. The quantitative estimate of drug-likeness (QED) is 0.141. The summed E-state index contributed by atoms with van der Waals surface area (Å²) < 4.78 is 0. The summed E-state index contributed by atoms with van der Waals surface area (Å²) in [5.74, 6) is -0.339. The molecule has 1 atom stereocenters. The lowest BCUT2D eigenvalue weighted by molar-refractivity contribution is -0.144. The number of pyridine rings is 1. The number of nitrogens with zero attached hydrogens (tertiary/aromatic N) is 5. The number of halogens is 1. The van der Waals surface area contributed by atoms with Crippen molar-refractivity contribution < 1.29 is 9.59 Å². The van der Waals surface area contributed by atoms with Crippen LogP contribution in [0.15, 0.2) is 122 Å². The molecule has 6 rings (SSSR count). The monoisotopic (exact) mass is 613 g/mol. The minimum absolute atomic E-state index is 0.0700. The van der Waals surface area contributed by atoms with Crippen LogP contribution in [-0.4, -0.2) is 49.4 Å². The van der Waals surface area contributed by atoms with Crippen LogP contribution in [0, 0.1) is 0 Å². The van der Waals surface area contributed by atoms with Gasteiger partial charge in [-0.2, -0.15) is 10.2 Å². The Kier molecular flexibility index (Phi) is 9.37. The highest BCUT2D eigenvalue weighted by molar-refractivity contribution is 6.29. The molecular formula is C37H32ClN5O2. The van der Waals surface area contributed by atoms with Gasteiger partial charge in [-0.25, -0.2) is 4.98 Å². The van der Waals surface area contributed by atoms with Gasteiger partial charge in [-0.15, -0.1) is 0 Å².